The van der Waals surface area contributed by atoms with Crippen molar-refractivity contribution in [3.05, 3.63) is 42.5 Å². The van der Waals surface area contributed by atoms with Gasteiger partial charge < -0.3 is 20.5 Å². The summed E-state index contributed by atoms with van der Waals surface area (Å²) in [5, 5.41) is 13.0. The molecule has 0 saturated heterocycles. The van der Waals surface area contributed by atoms with Crippen molar-refractivity contribution in [3.63, 3.8) is 0 Å². The number of aromatic nitrogens is 3. The molecule has 0 fully saturated rings. The number of anilines is 3. The summed E-state index contributed by atoms with van der Waals surface area (Å²) in [7, 11) is 5.44. The number of hydrazone groups is 1. The maximum atomic E-state index is 14.2. The van der Waals surface area contributed by atoms with E-state index in [4.69, 9.17) is 0 Å². The first-order valence-corrected chi connectivity index (χ1v) is 9.14. The van der Waals surface area contributed by atoms with Crippen LogP contribution in [0.4, 0.5) is 21.8 Å². The highest BCUT2D eigenvalue weighted by Crippen LogP contribution is 2.36. The lowest BCUT2D eigenvalue weighted by atomic mass is 10.1. The normalized spacial score (nSPS) is 11.6. The lowest BCUT2D eigenvalue weighted by molar-refractivity contribution is 0.492. The first-order valence-electron chi connectivity index (χ1n) is 9.14. The van der Waals surface area contributed by atoms with E-state index in [9.17, 15) is 4.39 Å². The summed E-state index contributed by atoms with van der Waals surface area (Å²) in [6, 6.07) is 2.95. The van der Waals surface area contributed by atoms with E-state index in [1.54, 1.807) is 31.4 Å². The molecule has 0 aliphatic heterocycles. The van der Waals surface area contributed by atoms with E-state index in [-0.39, 0.29) is 5.82 Å². The van der Waals surface area contributed by atoms with Gasteiger partial charge in [0.05, 0.1) is 22.3 Å². The van der Waals surface area contributed by atoms with Crippen LogP contribution in [0, 0.1) is 5.82 Å². The van der Waals surface area contributed by atoms with Crippen LogP contribution in [0.3, 0.4) is 0 Å². The van der Waals surface area contributed by atoms with Gasteiger partial charge in [0, 0.05) is 46.0 Å². The van der Waals surface area contributed by atoms with Crippen molar-refractivity contribution in [1.82, 2.24) is 20.0 Å². The Labute approximate surface area is 168 Å². The SMILES string of the molecule is C=C/C(=C\N(C)N=C)Nc1nc(N(C)CC)c2c(n1)[nH]c1c(NC)cc(F)cc12. The molecule has 0 bridgehead atoms. The Bertz CT molecular complexity index is 1100. The van der Waals surface area contributed by atoms with Crippen LogP contribution in [-0.4, -0.2) is 54.4 Å². The van der Waals surface area contributed by atoms with Crippen molar-refractivity contribution in [2.45, 2.75) is 6.92 Å². The van der Waals surface area contributed by atoms with Crippen LogP contribution >= 0.6 is 0 Å². The van der Waals surface area contributed by atoms with Crippen molar-refractivity contribution in [1.29, 1.82) is 0 Å². The minimum absolute atomic E-state index is 0.327. The number of halogens is 1. The molecule has 9 heteroatoms. The Morgan fingerprint density at radius 1 is 1.34 bits per heavy atom. The molecule has 0 aliphatic carbocycles. The van der Waals surface area contributed by atoms with Crippen molar-refractivity contribution >= 4 is 46.1 Å². The minimum Gasteiger partial charge on any atom is -0.386 e. The predicted octanol–water partition coefficient (Wildman–Crippen LogP) is 3.73. The zero-order valence-electron chi connectivity index (χ0n) is 17.0. The fraction of sp³-hybridized carbons (Fsp3) is 0.250. The van der Waals surface area contributed by atoms with Gasteiger partial charge in [0.15, 0.2) is 0 Å². The van der Waals surface area contributed by atoms with E-state index in [1.165, 1.54) is 12.1 Å². The summed E-state index contributed by atoms with van der Waals surface area (Å²) < 4.78 is 14.2. The maximum absolute atomic E-state index is 14.2. The summed E-state index contributed by atoms with van der Waals surface area (Å²) in [5.74, 6) is 0.749. The van der Waals surface area contributed by atoms with Gasteiger partial charge in [-0.25, -0.2) is 4.39 Å². The van der Waals surface area contributed by atoms with E-state index >= 15 is 0 Å². The van der Waals surface area contributed by atoms with Gasteiger partial charge in [-0.15, -0.1) is 0 Å². The lowest BCUT2D eigenvalue weighted by Gasteiger charge is -2.18. The number of nitrogens with zero attached hydrogens (tertiary/aromatic N) is 5. The Balaban J connectivity index is 2.24. The molecule has 0 aliphatic rings. The minimum atomic E-state index is -0.327. The monoisotopic (exact) mass is 396 g/mol. The average molecular weight is 396 g/mol. The largest absolute Gasteiger partial charge is 0.386 e. The molecule has 3 aromatic rings. The van der Waals surface area contributed by atoms with Gasteiger partial charge in [0.2, 0.25) is 5.95 Å². The van der Waals surface area contributed by atoms with Crippen LogP contribution in [0.2, 0.25) is 0 Å². The Morgan fingerprint density at radius 3 is 2.72 bits per heavy atom. The molecule has 0 unspecified atom stereocenters. The molecule has 29 heavy (non-hydrogen) atoms. The van der Waals surface area contributed by atoms with E-state index in [1.807, 2.05) is 18.9 Å². The molecule has 3 N–H and O–H groups in total. The summed E-state index contributed by atoms with van der Waals surface area (Å²) in [6.07, 6.45) is 3.36. The van der Waals surface area contributed by atoms with Gasteiger partial charge in [-0.05, 0) is 25.1 Å². The Morgan fingerprint density at radius 2 is 2.10 bits per heavy atom. The topological polar surface area (TPSA) is 84.5 Å². The standard InChI is InChI=1S/C20H25FN8/c1-7-13(11-29(6)23-4)24-20-26-18-16(19(27-20)28(5)8-2)14-9-12(21)10-15(22-3)17(14)25-18/h7,9-11,22H,1,4,8H2,2-3,5-6H3,(H2,24,25,26,27)/b13-11+. The average Bonchev–Trinajstić information content (AvgIpc) is 3.09. The van der Waals surface area contributed by atoms with Gasteiger partial charge >= 0.3 is 0 Å². The summed E-state index contributed by atoms with van der Waals surface area (Å²) >= 11 is 0. The molecular formula is C20H25FN8. The van der Waals surface area contributed by atoms with Crippen molar-refractivity contribution < 1.29 is 4.39 Å². The van der Waals surface area contributed by atoms with Crippen LogP contribution in [0.15, 0.2) is 41.8 Å². The molecule has 0 radical (unpaired) electrons. The molecule has 8 nitrogen and oxygen atoms in total. The third-order valence-corrected chi connectivity index (χ3v) is 4.64. The number of hydrogen-bond donors (Lipinski definition) is 3. The number of H-pyrrole nitrogens is 1. The van der Waals surface area contributed by atoms with Crippen LogP contribution in [0.1, 0.15) is 6.92 Å². The molecule has 2 aromatic heterocycles. The van der Waals surface area contributed by atoms with Crippen LogP contribution in [-0.2, 0) is 0 Å². The second-order valence-electron chi connectivity index (χ2n) is 6.49. The molecule has 2 heterocycles. The molecule has 0 saturated carbocycles. The highest BCUT2D eigenvalue weighted by molar-refractivity contribution is 6.14. The Kier molecular flexibility index (Phi) is 5.67. The second kappa shape index (κ2) is 8.17. The smallest absolute Gasteiger partial charge is 0.231 e. The van der Waals surface area contributed by atoms with Crippen LogP contribution < -0.4 is 15.5 Å². The van der Waals surface area contributed by atoms with Gasteiger partial charge in [0.25, 0.3) is 0 Å². The maximum Gasteiger partial charge on any atom is 0.231 e. The summed E-state index contributed by atoms with van der Waals surface area (Å²) in [5.41, 5.74) is 2.69. The lowest BCUT2D eigenvalue weighted by Crippen LogP contribution is -2.18. The van der Waals surface area contributed by atoms with Crippen molar-refractivity contribution in [3.8, 4) is 0 Å². The first kappa shape index (κ1) is 20.1. The highest BCUT2D eigenvalue weighted by Gasteiger charge is 2.19. The van der Waals surface area contributed by atoms with E-state index < -0.39 is 0 Å². The number of benzene rings is 1. The number of aromatic amines is 1. The molecule has 3 rings (SSSR count). The molecule has 0 atom stereocenters. The predicted molar refractivity (Wildman–Crippen MR) is 119 cm³/mol. The number of fused-ring (bicyclic) bond motifs is 3. The Hall–Kier alpha value is -3.62. The zero-order chi connectivity index (χ0) is 21.1. The number of hydrogen-bond acceptors (Lipinski definition) is 7. The quantitative estimate of drug-likeness (QED) is 0.306. The first-order chi connectivity index (χ1) is 13.9. The van der Waals surface area contributed by atoms with E-state index in [0.717, 1.165) is 22.8 Å². The molecule has 0 spiro atoms. The van der Waals surface area contributed by atoms with Gasteiger partial charge in [-0.2, -0.15) is 15.1 Å². The van der Waals surface area contributed by atoms with Crippen LogP contribution in [0.5, 0.6) is 0 Å². The van der Waals surface area contributed by atoms with Crippen molar-refractivity contribution in [2.24, 2.45) is 5.10 Å². The van der Waals surface area contributed by atoms with Crippen molar-refractivity contribution in [2.75, 3.05) is 43.2 Å². The fourth-order valence-corrected chi connectivity index (χ4v) is 3.03. The molecule has 1 aromatic carbocycles. The molecular weight excluding hydrogens is 371 g/mol. The summed E-state index contributed by atoms with van der Waals surface area (Å²) in [4.78, 5) is 14.6. The zero-order valence-corrected chi connectivity index (χ0v) is 17.0. The number of rotatable bonds is 8. The van der Waals surface area contributed by atoms with Gasteiger partial charge in [-0.3, -0.25) is 5.01 Å². The van der Waals surface area contributed by atoms with Gasteiger partial charge in [-0.1, -0.05) is 6.58 Å². The summed E-state index contributed by atoms with van der Waals surface area (Å²) in [6.45, 7) is 10.0. The van der Waals surface area contributed by atoms with E-state index in [0.29, 0.717) is 28.8 Å². The third-order valence-electron chi connectivity index (χ3n) is 4.64. The van der Waals surface area contributed by atoms with Gasteiger partial charge in [0.1, 0.15) is 17.3 Å². The number of nitrogens with one attached hydrogen (secondary N) is 3. The number of allylic oxidation sites excluding steroid dienone is 1. The fourth-order valence-electron chi connectivity index (χ4n) is 3.03. The second-order valence-corrected chi connectivity index (χ2v) is 6.49. The highest BCUT2D eigenvalue weighted by atomic mass is 19.1. The molecule has 152 valence electrons. The van der Waals surface area contributed by atoms with Crippen LogP contribution in [0.25, 0.3) is 21.9 Å². The molecule has 0 amide bonds. The third kappa shape index (κ3) is 3.84. The van der Waals surface area contributed by atoms with E-state index in [2.05, 4.69) is 44.0 Å².